The molecule has 25 heavy (non-hydrogen) atoms. The second-order valence-electron chi connectivity index (χ2n) is 5.53. The van der Waals surface area contributed by atoms with Gasteiger partial charge < -0.3 is 9.88 Å². The van der Waals surface area contributed by atoms with Crippen molar-refractivity contribution in [3.05, 3.63) is 29.3 Å². The van der Waals surface area contributed by atoms with E-state index in [9.17, 15) is 9.59 Å². The standard InChI is InChI=1S/C16H20ClN5O2S/c1-4-22-14(11-6-5-7-12(17)8-11)20-21-16(22)25-9-13(23)19-15(24)18-10(2)3/h5-8,10H,4,9H2,1-3H3,(H2,18,19,23,24). The number of hydrogen-bond acceptors (Lipinski definition) is 5. The number of carbonyl (C=O) groups is 2. The summed E-state index contributed by atoms with van der Waals surface area (Å²) in [5.74, 6) is 0.364. The molecule has 0 aliphatic heterocycles. The minimum atomic E-state index is -0.503. The van der Waals surface area contributed by atoms with E-state index in [0.29, 0.717) is 22.5 Å². The SMILES string of the molecule is CCn1c(SCC(=O)NC(=O)NC(C)C)nnc1-c1cccc(Cl)c1. The van der Waals surface area contributed by atoms with Gasteiger partial charge in [0.2, 0.25) is 5.91 Å². The van der Waals surface area contributed by atoms with E-state index in [1.54, 1.807) is 6.07 Å². The zero-order valence-electron chi connectivity index (χ0n) is 14.2. The van der Waals surface area contributed by atoms with Gasteiger partial charge in [0.25, 0.3) is 0 Å². The number of thioether (sulfide) groups is 1. The lowest BCUT2D eigenvalue weighted by atomic mass is 10.2. The van der Waals surface area contributed by atoms with Crippen LogP contribution in [0.25, 0.3) is 11.4 Å². The lowest BCUT2D eigenvalue weighted by Crippen LogP contribution is -2.43. The number of rotatable bonds is 6. The highest BCUT2D eigenvalue weighted by atomic mass is 35.5. The number of aromatic nitrogens is 3. The molecule has 2 rings (SSSR count). The summed E-state index contributed by atoms with van der Waals surface area (Å²) in [5.41, 5.74) is 0.856. The number of nitrogens with one attached hydrogen (secondary N) is 2. The van der Waals surface area contributed by atoms with E-state index >= 15 is 0 Å². The van der Waals surface area contributed by atoms with Crippen LogP contribution in [0.5, 0.6) is 0 Å². The number of amides is 3. The summed E-state index contributed by atoms with van der Waals surface area (Å²) in [6.07, 6.45) is 0. The maximum atomic E-state index is 11.9. The van der Waals surface area contributed by atoms with Crippen molar-refractivity contribution in [3.63, 3.8) is 0 Å². The van der Waals surface area contributed by atoms with E-state index in [1.165, 1.54) is 11.8 Å². The molecule has 1 aromatic carbocycles. The van der Waals surface area contributed by atoms with Crippen molar-refractivity contribution >= 4 is 35.3 Å². The summed E-state index contributed by atoms with van der Waals surface area (Å²) in [6, 6.07) is 6.81. The Morgan fingerprint density at radius 3 is 2.72 bits per heavy atom. The number of carbonyl (C=O) groups excluding carboxylic acids is 2. The van der Waals surface area contributed by atoms with Crippen LogP contribution in [0.3, 0.4) is 0 Å². The van der Waals surface area contributed by atoms with Crippen LogP contribution in [0.2, 0.25) is 5.02 Å². The van der Waals surface area contributed by atoms with Gasteiger partial charge in [-0.25, -0.2) is 4.79 Å². The quantitative estimate of drug-likeness (QED) is 0.751. The molecule has 9 heteroatoms. The van der Waals surface area contributed by atoms with Crippen LogP contribution in [0, 0.1) is 0 Å². The van der Waals surface area contributed by atoms with Gasteiger partial charge in [0.15, 0.2) is 11.0 Å². The number of halogens is 1. The van der Waals surface area contributed by atoms with Crippen molar-refractivity contribution in [1.29, 1.82) is 0 Å². The zero-order chi connectivity index (χ0) is 18.4. The monoisotopic (exact) mass is 381 g/mol. The Bertz CT molecular complexity index is 763. The Balaban J connectivity index is 2.04. The number of imide groups is 1. The van der Waals surface area contributed by atoms with Gasteiger partial charge in [-0.2, -0.15) is 0 Å². The van der Waals surface area contributed by atoms with Gasteiger partial charge >= 0.3 is 6.03 Å². The Morgan fingerprint density at radius 2 is 2.08 bits per heavy atom. The minimum Gasteiger partial charge on any atom is -0.336 e. The van der Waals surface area contributed by atoms with Gasteiger partial charge in [-0.1, -0.05) is 35.5 Å². The third-order valence-corrected chi connectivity index (χ3v) is 4.32. The molecule has 0 saturated carbocycles. The summed E-state index contributed by atoms with van der Waals surface area (Å²) >= 11 is 7.26. The van der Waals surface area contributed by atoms with Gasteiger partial charge in [0.05, 0.1) is 5.75 Å². The van der Waals surface area contributed by atoms with Gasteiger partial charge in [0, 0.05) is 23.2 Å². The fourth-order valence-electron chi connectivity index (χ4n) is 2.11. The van der Waals surface area contributed by atoms with Crippen molar-refractivity contribution in [1.82, 2.24) is 25.4 Å². The molecule has 0 atom stereocenters. The summed E-state index contributed by atoms with van der Waals surface area (Å²) in [6.45, 7) is 6.25. The minimum absolute atomic E-state index is 0.0381. The highest BCUT2D eigenvalue weighted by Crippen LogP contribution is 2.25. The smallest absolute Gasteiger partial charge is 0.321 e. The highest BCUT2D eigenvalue weighted by molar-refractivity contribution is 7.99. The largest absolute Gasteiger partial charge is 0.336 e. The van der Waals surface area contributed by atoms with Crippen molar-refractivity contribution < 1.29 is 9.59 Å². The van der Waals surface area contributed by atoms with Crippen LogP contribution in [0.1, 0.15) is 20.8 Å². The summed E-state index contributed by atoms with van der Waals surface area (Å²) in [4.78, 5) is 23.4. The third-order valence-electron chi connectivity index (χ3n) is 3.12. The number of hydrogen-bond donors (Lipinski definition) is 2. The van der Waals surface area contributed by atoms with Gasteiger partial charge in [-0.15, -0.1) is 10.2 Å². The van der Waals surface area contributed by atoms with E-state index in [4.69, 9.17) is 11.6 Å². The van der Waals surface area contributed by atoms with E-state index in [-0.39, 0.29) is 11.8 Å². The Labute approximate surface area is 155 Å². The highest BCUT2D eigenvalue weighted by Gasteiger charge is 2.16. The normalized spacial score (nSPS) is 10.8. The topological polar surface area (TPSA) is 88.9 Å². The maximum Gasteiger partial charge on any atom is 0.321 e. The first-order valence-corrected chi connectivity index (χ1v) is 9.19. The molecule has 0 aliphatic carbocycles. The first kappa shape index (κ1) is 19.3. The predicted octanol–water partition coefficient (Wildman–Crippen LogP) is 2.94. The van der Waals surface area contributed by atoms with Gasteiger partial charge in [0.1, 0.15) is 0 Å². The predicted molar refractivity (Wildman–Crippen MR) is 98.7 cm³/mol. The molecule has 0 unspecified atom stereocenters. The first-order valence-electron chi connectivity index (χ1n) is 7.83. The average molecular weight is 382 g/mol. The van der Waals surface area contributed by atoms with Crippen LogP contribution in [-0.4, -0.2) is 38.5 Å². The molecule has 1 aromatic heterocycles. The summed E-state index contributed by atoms with van der Waals surface area (Å²) in [7, 11) is 0. The Morgan fingerprint density at radius 1 is 1.32 bits per heavy atom. The molecular formula is C16H20ClN5O2S. The van der Waals surface area contributed by atoms with Crippen molar-refractivity contribution in [2.75, 3.05) is 5.75 Å². The molecule has 0 bridgehead atoms. The molecule has 1 heterocycles. The lowest BCUT2D eigenvalue weighted by Gasteiger charge is -2.09. The summed E-state index contributed by atoms with van der Waals surface area (Å²) < 4.78 is 1.90. The fraction of sp³-hybridized carbons (Fsp3) is 0.375. The Kier molecular flexibility index (Phi) is 6.83. The van der Waals surface area contributed by atoms with Crippen molar-refractivity contribution in [2.45, 2.75) is 38.5 Å². The van der Waals surface area contributed by atoms with E-state index in [0.717, 1.165) is 5.56 Å². The molecule has 0 aliphatic rings. The van der Waals surface area contributed by atoms with Crippen LogP contribution in [-0.2, 0) is 11.3 Å². The zero-order valence-corrected chi connectivity index (χ0v) is 15.8. The maximum absolute atomic E-state index is 11.9. The molecule has 0 spiro atoms. The molecular weight excluding hydrogens is 362 g/mol. The second-order valence-corrected chi connectivity index (χ2v) is 6.90. The molecule has 0 fully saturated rings. The number of benzene rings is 1. The number of urea groups is 1. The van der Waals surface area contributed by atoms with Gasteiger partial charge in [-0.05, 0) is 32.9 Å². The first-order chi connectivity index (χ1) is 11.9. The molecule has 0 radical (unpaired) electrons. The van der Waals surface area contributed by atoms with Crippen molar-refractivity contribution in [2.24, 2.45) is 0 Å². The molecule has 2 aromatic rings. The lowest BCUT2D eigenvalue weighted by molar-refractivity contribution is -0.117. The van der Waals surface area contributed by atoms with Crippen LogP contribution >= 0.6 is 23.4 Å². The van der Waals surface area contributed by atoms with Crippen LogP contribution in [0.4, 0.5) is 4.79 Å². The molecule has 3 amide bonds. The summed E-state index contributed by atoms with van der Waals surface area (Å²) in [5, 5.41) is 14.5. The average Bonchev–Trinajstić information content (AvgIpc) is 2.95. The molecule has 0 saturated heterocycles. The van der Waals surface area contributed by atoms with E-state index in [2.05, 4.69) is 20.8 Å². The van der Waals surface area contributed by atoms with Crippen LogP contribution in [0.15, 0.2) is 29.4 Å². The third kappa shape index (κ3) is 5.47. The van der Waals surface area contributed by atoms with E-state index < -0.39 is 11.9 Å². The Hall–Kier alpha value is -2.06. The molecule has 2 N–H and O–H groups in total. The van der Waals surface area contributed by atoms with E-state index in [1.807, 2.05) is 43.5 Å². The van der Waals surface area contributed by atoms with Crippen molar-refractivity contribution in [3.8, 4) is 11.4 Å². The molecule has 134 valence electrons. The van der Waals surface area contributed by atoms with Crippen LogP contribution < -0.4 is 10.6 Å². The second kappa shape index (κ2) is 8.87. The van der Waals surface area contributed by atoms with Gasteiger partial charge in [-0.3, -0.25) is 10.1 Å². The number of nitrogens with zero attached hydrogens (tertiary/aromatic N) is 3. The molecule has 7 nitrogen and oxygen atoms in total. The fourth-order valence-corrected chi connectivity index (χ4v) is 3.11.